The average Bonchev–Trinajstić information content (AvgIpc) is 3.09. The summed E-state index contributed by atoms with van der Waals surface area (Å²) in [6.45, 7) is 2.23. The first-order valence-corrected chi connectivity index (χ1v) is 8.71. The lowest BCUT2D eigenvalue weighted by atomic mass is 10.1. The SMILES string of the molecule is CC[C@@H](C1CC1)n1cc(-c2nc(-c3cn[nH]c3)cn3nccc23)cn1. The summed E-state index contributed by atoms with van der Waals surface area (Å²) in [5, 5.41) is 15.9. The standard InChI is InChI=1S/C18H19N7/c1-2-16(12-3-4-12)24-10-14(9-22-24)18-17-5-6-21-25(17)11-15(23-18)13-7-19-20-8-13/h5-12,16H,2-4H2,1H3,(H,19,20)/t16-/m0/s1. The van der Waals surface area contributed by atoms with E-state index in [0.29, 0.717) is 6.04 Å². The number of aromatic nitrogens is 7. The van der Waals surface area contributed by atoms with Crippen LogP contribution in [0.5, 0.6) is 0 Å². The van der Waals surface area contributed by atoms with E-state index in [4.69, 9.17) is 4.98 Å². The van der Waals surface area contributed by atoms with Crippen molar-refractivity contribution in [2.45, 2.75) is 32.2 Å². The third-order valence-electron chi connectivity index (χ3n) is 4.98. The van der Waals surface area contributed by atoms with Crippen LogP contribution in [0.4, 0.5) is 0 Å². The van der Waals surface area contributed by atoms with Crippen LogP contribution in [-0.2, 0) is 0 Å². The van der Waals surface area contributed by atoms with Crippen LogP contribution in [0.2, 0.25) is 0 Å². The van der Waals surface area contributed by atoms with Gasteiger partial charge >= 0.3 is 0 Å². The maximum atomic E-state index is 4.87. The smallest absolute Gasteiger partial charge is 0.0999 e. The van der Waals surface area contributed by atoms with Crippen LogP contribution in [0.15, 0.2) is 43.2 Å². The van der Waals surface area contributed by atoms with Crippen molar-refractivity contribution in [3.63, 3.8) is 0 Å². The molecular weight excluding hydrogens is 314 g/mol. The normalized spacial score (nSPS) is 15.7. The molecule has 0 bridgehead atoms. The summed E-state index contributed by atoms with van der Waals surface area (Å²) in [7, 11) is 0. The molecule has 5 rings (SSSR count). The van der Waals surface area contributed by atoms with E-state index in [0.717, 1.165) is 40.4 Å². The molecule has 1 aliphatic rings. The van der Waals surface area contributed by atoms with Crippen LogP contribution in [0.1, 0.15) is 32.2 Å². The van der Waals surface area contributed by atoms with Crippen LogP contribution in [0.25, 0.3) is 28.0 Å². The quantitative estimate of drug-likeness (QED) is 0.607. The number of H-pyrrole nitrogens is 1. The molecule has 0 radical (unpaired) electrons. The second-order valence-corrected chi connectivity index (χ2v) is 6.64. The molecule has 126 valence electrons. The minimum Gasteiger partial charge on any atom is -0.285 e. The predicted molar refractivity (Wildman–Crippen MR) is 93.8 cm³/mol. The maximum absolute atomic E-state index is 4.87. The number of hydrogen-bond donors (Lipinski definition) is 1. The molecule has 1 atom stereocenters. The van der Waals surface area contributed by atoms with E-state index in [9.17, 15) is 0 Å². The Morgan fingerprint density at radius 2 is 2.12 bits per heavy atom. The highest BCUT2D eigenvalue weighted by Crippen LogP contribution is 2.41. The van der Waals surface area contributed by atoms with Crippen LogP contribution >= 0.6 is 0 Å². The van der Waals surface area contributed by atoms with Crippen molar-refractivity contribution in [3.05, 3.63) is 43.2 Å². The fraction of sp³-hybridized carbons (Fsp3) is 0.333. The zero-order valence-corrected chi connectivity index (χ0v) is 14.0. The highest BCUT2D eigenvalue weighted by molar-refractivity contribution is 5.78. The van der Waals surface area contributed by atoms with Gasteiger partial charge in [-0.25, -0.2) is 9.50 Å². The van der Waals surface area contributed by atoms with Gasteiger partial charge in [0.25, 0.3) is 0 Å². The third-order valence-corrected chi connectivity index (χ3v) is 4.98. The molecular formula is C18H19N7. The Bertz CT molecular complexity index is 1010. The van der Waals surface area contributed by atoms with E-state index >= 15 is 0 Å². The minimum atomic E-state index is 0.492. The largest absolute Gasteiger partial charge is 0.285 e. The Balaban J connectivity index is 1.62. The Morgan fingerprint density at radius 1 is 1.20 bits per heavy atom. The molecule has 0 amide bonds. The molecule has 4 aromatic rings. The average molecular weight is 333 g/mol. The Hall–Kier alpha value is -2.96. The molecule has 4 heterocycles. The molecule has 4 aromatic heterocycles. The summed E-state index contributed by atoms with van der Waals surface area (Å²) in [5.41, 5.74) is 4.67. The number of rotatable bonds is 5. The molecule has 1 aliphatic carbocycles. The minimum absolute atomic E-state index is 0.492. The van der Waals surface area contributed by atoms with Crippen molar-refractivity contribution in [2.24, 2.45) is 5.92 Å². The summed E-state index contributed by atoms with van der Waals surface area (Å²) in [6.07, 6.45) is 15.1. The molecule has 0 aliphatic heterocycles. The summed E-state index contributed by atoms with van der Waals surface area (Å²) in [6, 6.07) is 2.48. The van der Waals surface area contributed by atoms with Crippen molar-refractivity contribution in [3.8, 4) is 22.5 Å². The second kappa shape index (κ2) is 5.54. The van der Waals surface area contributed by atoms with Gasteiger partial charge in [-0.1, -0.05) is 6.92 Å². The lowest BCUT2D eigenvalue weighted by Crippen LogP contribution is -2.10. The fourth-order valence-electron chi connectivity index (χ4n) is 3.53. The topological polar surface area (TPSA) is 76.7 Å². The highest BCUT2D eigenvalue weighted by Gasteiger charge is 2.31. The van der Waals surface area contributed by atoms with Gasteiger partial charge in [-0.15, -0.1) is 0 Å². The first-order valence-electron chi connectivity index (χ1n) is 8.71. The lowest BCUT2D eigenvalue weighted by Gasteiger charge is -2.14. The first kappa shape index (κ1) is 14.4. The number of nitrogens with zero attached hydrogens (tertiary/aromatic N) is 6. The van der Waals surface area contributed by atoms with Crippen molar-refractivity contribution in [2.75, 3.05) is 0 Å². The third kappa shape index (κ3) is 2.43. The lowest BCUT2D eigenvalue weighted by molar-refractivity contribution is 0.394. The van der Waals surface area contributed by atoms with Crippen LogP contribution < -0.4 is 0 Å². The molecule has 7 heteroatoms. The molecule has 7 nitrogen and oxygen atoms in total. The fourth-order valence-corrected chi connectivity index (χ4v) is 3.53. The molecule has 0 unspecified atom stereocenters. The van der Waals surface area contributed by atoms with Crippen molar-refractivity contribution in [1.29, 1.82) is 0 Å². The summed E-state index contributed by atoms with van der Waals surface area (Å²) < 4.78 is 3.98. The van der Waals surface area contributed by atoms with Gasteiger partial charge in [-0.05, 0) is 31.2 Å². The van der Waals surface area contributed by atoms with Gasteiger partial charge in [0.2, 0.25) is 0 Å². The maximum Gasteiger partial charge on any atom is 0.0999 e. The van der Waals surface area contributed by atoms with Gasteiger partial charge in [-0.2, -0.15) is 15.3 Å². The summed E-state index contributed by atoms with van der Waals surface area (Å²) >= 11 is 0. The van der Waals surface area contributed by atoms with Crippen molar-refractivity contribution < 1.29 is 0 Å². The van der Waals surface area contributed by atoms with Crippen LogP contribution in [0.3, 0.4) is 0 Å². The summed E-state index contributed by atoms with van der Waals surface area (Å²) in [5.74, 6) is 0.776. The molecule has 0 spiro atoms. The van der Waals surface area contributed by atoms with E-state index in [-0.39, 0.29) is 0 Å². The van der Waals surface area contributed by atoms with Gasteiger partial charge in [0.15, 0.2) is 0 Å². The van der Waals surface area contributed by atoms with E-state index < -0.39 is 0 Å². The molecule has 1 fully saturated rings. The monoisotopic (exact) mass is 333 g/mol. The molecule has 25 heavy (non-hydrogen) atoms. The van der Waals surface area contributed by atoms with Gasteiger partial charge in [0, 0.05) is 23.5 Å². The van der Waals surface area contributed by atoms with E-state index in [2.05, 4.69) is 38.2 Å². The van der Waals surface area contributed by atoms with E-state index in [1.54, 1.807) is 12.4 Å². The number of aromatic amines is 1. The predicted octanol–water partition coefficient (Wildman–Crippen LogP) is 3.34. The molecule has 0 saturated heterocycles. The second-order valence-electron chi connectivity index (χ2n) is 6.64. The van der Waals surface area contributed by atoms with Gasteiger partial charge in [0.1, 0.15) is 0 Å². The zero-order valence-electron chi connectivity index (χ0n) is 14.0. The van der Waals surface area contributed by atoms with Gasteiger partial charge in [0.05, 0.1) is 47.7 Å². The zero-order chi connectivity index (χ0) is 16.8. The van der Waals surface area contributed by atoms with E-state index in [1.165, 1.54) is 12.8 Å². The number of fused-ring (bicyclic) bond motifs is 1. The van der Waals surface area contributed by atoms with Crippen molar-refractivity contribution in [1.82, 2.24) is 34.6 Å². The van der Waals surface area contributed by atoms with Crippen molar-refractivity contribution >= 4 is 5.52 Å². The Kier molecular flexibility index (Phi) is 3.19. The van der Waals surface area contributed by atoms with Gasteiger partial charge in [-0.3, -0.25) is 9.78 Å². The van der Waals surface area contributed by atoms with Crippen LogP contribution in [0, 0.1) is 5.92 Å². The molecule has 0 aromatic carbocycles. The number of hydrogen-bond acceptors (Lipinski definition) is 4. The van der Waals surface area contributed by atoms with Gasteiger partial charge < -0.3 is 0 Å². The van der Waals surface area contributed by atoms with Crippen LogP contribution in [-0.4, -0.2) is 34.6 Å². The number of nitrogens with one attached hydrogen (secondary N) is 1. The molecule has 1 saturated carbocycles. The highest BCUT2D eigenvalue weighted by atomic mass is 15.3. The Labute approximate surface area is 144 Å². The summed E-state index contributed by atoms with van der Waals surface area (Å²) in [4.78, 5) is 4.87. The first-order chi connectivity index (χ1) is 12.3. The Morgan fingerprint density at radius 3 is 2.88 bits per heavy atom. The molecule has 1 N–H and O–H groups in total. The van der Waals surface area contributed by atoms with E-state index in [1.807, 2.05) is 29.2 Å².